The topological polar surface area (TPSA) is 3.24 Å². The molecule has 1 nitrogen and oxygen atoms in total. The van der Waals surface area contributed by atoms with Crippen LogP contribution in [0.1, 0.15) is 0 Å². The second kappa shape index (κ2) is 10.8. The van der Waals surface area contributed by atoms with Crippen LogP contribution in [-0.2, 0) is 0 Å². The second-order valence-corrected chi connectivity index (χ2v) is 13.6. The maximum atomic E-state index is 2.45. The summed E-state index contributed by atoms with van der Waals surface area (Å²) in [5.41, 5.74) is 5.94. The lowest BCUT2D eigenvalue weighted by Crippen LogP contribution is -2.10. The Bertz CT molecular complexity index is 2840. The molecule has 1 heterocycles. The lowest BCUT2D eigenvalue weighted by Gasteiger charge is -2.27. The fourth-order valence-corrected chi connectivity index (χ4v) is 8.75. The first-order valence-electron chi connectivity index (χ1n) is 16.4. The van der Waals surface area contributed by atoms with Crippen molar-refractivity contribution in [2.75, 3.05) is 4.90 Å². The molecule has 0 aliphatic rings. The molecule has 0 atom stereocenters. The average molecular weight is 628 g/mol. The molecule has 0 bridgehead atoms. The van der Waals surface area contributed by atoms with E-state index in [9.17, 15) is 0 Å². The van der Waals surface area contributed by atoms with Gasteiger partial charge in [-0.3, -0.25) is 0 Å². The Hall–Kier alpha value is -5.96. The number of fused-ring (bicyclic) bond motifs is 9. The van der Waals surface area contributed by atoms with Crippen molar-refractivity contribution >= 4 is 91.7 Å². The van der Waals surface area contributed by atoms with Gasteiger partial charge in [0.2, 0.25) is 0 Å². The van der Waals surface area contributed by atoms with E-state index in [1.165, 1.54) is 80.1 Å². The van der Waals surface area contributed by atoms with Crippen LogP contribution in [0.3, 0.4) is 0 Å². The molecule has 2 heteroatoms. The molecular formula is C46H29NS. The van der Waals surface area contributed by atoms with Crippen molar-refractivity contribution in [1.29, 1.82) is 0 Å². The maximum Gasteiger partial charge on any atom is 0.0640 e. The first kappa shape index (κ1) is 27.2. The van der Waals surface area contributed by atoms with Crippen LogP contribution < -0.4 is 4.90 Å². The number of rotatable bonds is 4. The van der Waals surface area contributed by atoms with Gasteiger partial charge in [0.05, 0.1) is 10.4 Å². The summed E-state index contributed by atoms with van der Waals surface area (Å²) in [4.78, 5) is 2.45. The van der Waals surface area contributed by atoms with E-state index in [0.717, 1.165) is 11.4 Å². The summed E-state index contributed by atoms with van der Waals surface area (Å²) >= 11 is 1.87. The van der Waals surface area contributed by atoms with Crippen LogP contribution in [0.15, 0.2) is 176 Å². The first-order chi connectivity index (χ1) is 23.8. The third kappa shape index (κ3) is 4.24. The highest BCUT2D eigenvalue weighted by Gasteiger charge is 2.19. The Morgan fingerprint density at radius 1 is 0.354 bits per heavy atom. The molecule has 0 aliphatic carbocycles. The molecule has 0 spiro atoms. The average Bonchev–Trinajstić information content (AvgIpc) is 3.54. The highest BCUT2D eigenvalue weighted by atomic mass is 32.1. The third-order valence-electron chi connectivity index (χ3n) is 9.82. The van der Waals surface area contributed by atoms with Crippen LogP contribution in [0.5, 0.6) is 0 Å². The van der Waals surface area contributed by atoms with E-state index >= 15 is 0 Å². The molecule has 0 unspecified atom stereocenters. The number of nitrogens with zero attached hydrogens (tertiary/aromatic N) is 1. The van der Waals surface area contributed by atoms with Gasteiger partial charge >= 0.3 is 0 Å². The van der Waals surface area contributed by atoms with E-state index in [-0.39, 0.29) is 0 Å². The number of hydrogen-bond acceptors (Lipinski definition) is 2. The van der Waals surface area contributed by atoms with Crippen LogP contribution in [0.2, 0.25) is 0 Å². The van der Waals surface area contributed by atoms with Crippen LogP contribution in [0.25, 0.3) is 74.4 Å². The molecule has 0 radical (unpaired) electrons. The largest absolute Gasteiger partial charge is 0.309 e. The summed E-state index contributed by atoms with van der Waals surface area (Å²) in [6.07, 6.45) is 0. The number of hydrogen-bond donors (Lipinski definition) is 0. The third-order valence-corrected chi connectivity index (χ3v) is 11.0. The van der Waals surface area contributed by atoms with Gasteiger partial charge in [0.1, 0.15) is 0 Å². The molecule has 10 rings (SSSR count). The van der Waals surface area contributed by atoms with E-state index in [1.54, 1.807) is 0 Å². The molecule has 0 fully saturated rings. The Morgan fingerprint density at radius 3 is 1.75 bits per heavy atom. The van der Waals surface area contributed by atoms with Crippen molar-refractivity contribution in [2.45, 2.75) is 0 Å². The number of thiophene rings is 1. The fourth-order valence-electron chi connectivity index (χ4n) is 7.55. The van der Waals surface area contributed by atoms with E-state index < -0.39 is 0 Å². The van der Waals surface area contributed by atoms with E-state index in [4.69, 9.17) is 0 Å². The minimum Gasteiger partial charge on any atom is -0.309 e. The van der Waals surface area contributed by atoms with Crippen LogP contribution in [0.4, 0.5) is 17.1 Å². The van der Waals surface area contributed by atoms with Crippen molar-refractivity contribution in [3.63, 3.8) is 0 Å². The number of benzene rings is 9. The molecule has 0 amide bonds. The van der Waals surface area contributed by atoms with E-state index in [2.05, 4.69) is 181 Å². The van der Waals surface area contributed by atoms with Crippen molar-refractivity contribution < 1.29 is 0 Å². The first-order valence-corrected chi connectivity index (χ1v) is 17.2. The van der Waals surface area contributed by atoms with Crippen molar-refractivity contribution in [3.05, 3.63) is 176 Å². The van der Waals surface area contributed by atoms with Crippen LogP contribution in [-0.4, -0.2) is 0 Å². The summed E-state index contributed by atoms with van der Waals surface area (Å²) in [6.45, 7) is 0. The molecule has 9 aromatic carbocycles. The summed E-state index contributed by atoms with van der Waals surface area (Å²) in [7, 11) is 0. The normalized spacial score (nSPS) is 11.8. The van der Waals surface area contributed by atoms with Crippen molar-refractivity contribution in [3.8, 4) is 11.1 Å². The smallest absolute Gasteiger partial charge is 0.0640 e. The fraction of sp³-hybridized carbons (Fsp3) is 0. The lowest BCUT2D eigenvalue weighted by atomic mass is 9.93. The molecule has 0 saturated heterocycles. The summed E-state index contributed by atoms with van der Waals surface area (Å²) < 4.78 is 2.60. The van der Waals surface area contributed by atoms with Gasteiger partial charge in [-0.2, -0.15) is 0 Å². The summed E-state index contributed by atoms with van der Waals surface area (Å²) in [5.74, 6) is 0. The molecule has 0 saturated carbocycles. The van der Waals surface area contributed by atoms with Gasteiger partial charge in [-0.25, -0.2) is 0 Å². The lowest BCUT2D eigenvalue weighted by molar-refractivity contribution is 1.31. The zero-order valence-corrected chi connectivity index (χ0v) is 26.9. The monoisotopic (exact) mass is 627 g/mol. The molecular weight excluding hydrogens is 599 g/mol. The van der Waals surface area contributed by atoms with Gasteiger partial charge in [-0.05, 0) is 96.7 Å². The second-order valence-electron chi connectivity index (χ2n) is 12.5. The minimum atomic E-state index is 1.13. The SMILES string of the molecule is c1ccc2c(c1)ccc1ccc(N(c3ccc(-c4cc5ccccc5c5ccccc45)cc3)c3cccc4c3sc3ccccc34)cc12. The van der Waals surface area contributed by atoms with E-state index in [1.807, 2.05) is 11.3 Å². The Morgan fingerprint density at radius 2 is 0.938 bits per heavy atom. The van der Waals surface area contributed by atoms with Gasteiger partial charge in [-0.15, -0.1) is 11.3 Å². The van der Waals surface area contributed by atoms with Gasteiger partial charge in [0.15, 0.2) is 0 Å². The Labute approximate surface area is 282 Å². The molecule has 1 aromatic heterocycles. The van der Waals surface area contributed by atoms with Gasteiger partial charge in [0.25, 0.3) is 0 Å². The van der Waals surface area contributed by atoms with Crippen LogP contribution >= 0.6 is 11.3 Å². The van der Waals surface area contributed by atoms with E-state index in [0.29, 0.717) is 0 Å². The van der Waals surface area contributed by atoms with Crippen molar-refractivity contribution in [1.82, 2.24) is 0 Å². The highest BCUT2D eigenvalue weighted by molar-refractivity contribution is 7.26. The molecule has 0 aliphatic heterocycles. The summed E-state index contributed by atoms with van der Waals surface area (Å²) in [6, 6.07) is 64.5. The van der Waals surface area contributed by atoms with Gasteiger partial charge < -0.3 is 4.90 Å². The Kier molecular flexibility index (Phi) is 6.12. The van der Waals surface area contributed by atoms with Gasteiger partial charge in [0, 0.05) is 26.8 Å². The van der Waals surface area contributed by atoms with Crippen LogP contribution in [0, 0.1) is 0 Å². The molecule has 10 aromatic rings. The zero-order chi connectivity index (χ0) is 31.6. The zero-order valence-electron chi connectivity index (χ0n) is 26.1. The van der Waals surface area contributed by atoms with Crippen molar-refractivity contribution in [2.24, 2.45) is 0 Å². The maximum absolute atomic E-state index is 2.45. The minimum absolute atomic E-state index is 1.13. The predicted octanol–water partition coefficient (Wildman–Crippen LogP) is 13.8. The molecule has 0 N–H and O–H groups in total. The highest BCUT2D eigenvalue weighted by Crippen LogP contribution is 2.46. The molecule has 224 valence electrons. The quantitative estimate of drug-likeness (QED) is 0.176. The molecule has 48 heavy (non-hydrogen) atoms. The summed E-state index contributed by atoms with van der Waals surface area (Å²) in [5, 5.41) is 12.8. The number of anilines is 3. The Balaban J connectivity index is 1.20. The predicted molar refractivity (Wildman–Crippen MR) is 209 cm³/mol. The van der Waals surface area contributed by atoms with Gasteiger partial charge in [-0.1, -0.05) is 133 Å². The standard InChI is InChI=1S/C46H29NS/c1-3-12-36-30(10-1)20-21-31-24-27-35(29-43(31)36)47(44-18-9-17-41-40-16-7-8-19-45(40)48-46(41)44)34-25-22-32(23-26-34)42-28-33-11-2-4-13-37(33)38-14-5-6-15-39(38)42/h1-29H.